The van der Waals surface area contributed by atoms with Crippen molar-refractivity contribution >= 4 is 17.3 Å². The minimum atomic E-state index is 0.338. The van der Waals surface area contributed by atoms with Crippen molar-refractivity contribution in [1.82, 2.24) is 9.97 Å². The van der Waals surface area contributed by atoms with E-state index in [0.29, 0.717) is 23.7 Å². The fourth-order valence-electron chi connectivity index (χ4n) is 2.27. The molecule has 0 aliphatic carbocycles. The van der Waals surface area contributed by atoms with Crippen LogP contribution in [-0.2, 0) is 6.42 Å². The van der Waals surface area contributed by atoms with Crippen LogP contribution in [0.5, 0.6) is 0 Å². The van der Waals surface area contributed by atoms with Gasteiger partial charge in [-0.1, -0.05) is 13.8 Å². The molecule has 0 atom stereocenters. The maximum absolute atomic E-state index is 10.7. The van der Waals surface area contributed by atoms with E-state index in [0.717, 1.165) is 28.8 Å². The number of aromatic amines is 1. The predicted octanol–water partition coefficient (Wildman–Crippen LogP) is 3.83. The normalized spacial score (nSPS) is 11.3. The van der Waals surface area contributed by atoms with Crippen LogP contribution in [0.1, 0.15) is 30.2 Å². The molecule has 0 aliphatic heterocycles. The fraction of sp³-hybridized carbons (Fsp3) is 0.250. The molecule has 102 valence electrons. The molecule has 1 N–H and O–H groups in total. The number of imidazole rings is 1. The Labute approximate surface area is 116 Å². The zero-order chi connectivity index (χ0) is 14.1. The number of hydrogen-bond acceptors (Lipinski definition) is 3. The number of hydrogen-bond donors (Lipinski definition) is 1. The van der Waals surface area contributed by atoms with Gasteiger partial charge in [-0.2, -0.15) is 0 Å². The van der Waals surface area contributed by atoms with Gasteiger partial charge in [-0.25, -0.2) is 4.98 Å². The summed E-state index contributed by atoms with van der Waals surface area (Å²) in [7, 11) is 0. The van der Waals surface area contributed by atoms with Crippen molar-refractivity contribution in [2.45, 2.75) is 20.3 Å². The molecule has 0 fully saturated rings. The average Bonchev–Trinajstić information content (AvgIpc) is 3.02. The molecule has 1 aromatic carbocycles. The van der Waals surface area contributed by atoms with Gasteiger partial charge in [-0.15, -0.1) is 0 Å². The van der Waals surface area contributed by atoms with Crippen molar-refractivity contribution in [3.8, 4) is 11.3 Å². The number of aromatic nitrogens is 2. The highest BCUT2D eigenvalue weighted by atomic mass is 16.3. The van der Waals surface area contributed by atoms with Gasteiger partial charge in [-0.3, -0.25) is 4.79 Å². The molecule has 2 heterocycles. The number of nitrogens with one attached hydrogen (secondary N) is 1. The second-order valence-electron chi connectivity index (χ2n) is 5.33. The van der Waals surface area contributed by atoms with Gasteiger partial charge < -0.3 is 9.40 Å². The molecule has 0 amide bonds. The molecule has 0 saturated heterocycles. The Balaban J connectivity index is 1.99. The lowest BCUT2D eigenvalue weighted by Gasteiger charge is -1.98. The van der Waals surface area contributed by atoms with Crippen molar-refractivity contribution in [1.29, 1.82) is 0 Å². The Morgan fingerprint density at radius 2 is 2.15 bits per heavy atom. The van der Waals surface area contributed by atoms with Gasteiger partial charge in [0.1, 0.15) is 11.6 Å². The zero-order valence-electron chi connectivity index (χ0n) is 11.5. The molecule has 3 rings (SSSR count). The van der Waals surface area contributed by atoms with Gasteiger partial charge in [0.05, 0.1) is 11.0 Å². The molecule has 0 radical (unpaired) electrons. The van der Waals surface area contributed by atoms with Gasteiger partial charge in [0, 0.05) is 12.0 Å². The van der Waals surface area contributed by atoms with Gasteiger partial charge in [0.25, 0.3) is 0 Å². The summed E-state index contributed by atoms with van der Waals surface area (Å²) in [6.07, 6.45) is 1.64. The largest absolute Gasteiger partial charge is 0.453 e. The quantitative estimate of drug-likeness (QED) is 0.731. The van der Waals surface area contributed by atoms with Gasteiger partial charge >= 0.3 is 0 Å². The number of carbonyl (C=O) groups is 1. The highest BCUT2D eigenvalue weighted by Gasteiger charge is 2.08. The molecule has 20 heavy (non-hydrogen) atoms. The summed E-state index contributed by atoms with van der Waals surface area (Å²) in [5.74, 6) is 2.59. The van der Waals surface area contributed by atoms with Gasteiger partial charge in [0.2, 0.25) is 0 Å². The van der Waals surface area contributed by atoms with Crippen LogP contribution in [0.4, 0.5) is 0 Å². The average molecular weight is 268 g/mol. The van der Waals surface area contributed by atoms with Crippen molar-refractivity contribution in [3.05, 3.63) is 41.9 Å². The van der Waals surface area contributed by atoms with Crippen LogP contribution in [0.25, 0.3) is 22.4 Å². The van der Waals surface area contributed by atoms with Crippen LogP contribution in [0.15, 0.2) is 34.7 Å². The highest BCUT2D eigenvalue weighted by molar-refractivity contribution is 5.81. The van der Waals surface area contributed by atoms with E-state index >= 15 is 0 Å². The summed E-state index contributed by atoms with van der Waals surface area (Å²) in [6, 6.07) is 9.39. The molecular formula is C16H16N2O2. The molecule has 3 aromatic rings. The predicted molar refractivity (Wildman–Crippen MR) is 77.7 cm³/mol. The standard InChI is InChI=1S/C16H16N2O2/c1-10(2)7-16-17-13-5-3-11(8-14(13)18-16)15-6-4-12(9-19)20-15/h3-6,8-10H,7H2,1-2H3,(H,17,18). The molecule has 0 unspecified atom stereocenters. The monoisotopic (exact) mass is 268 g/mol. The summed E-state index contributed by atoms with van der Waals surface area (Å²) < 4.78 is 5.44. The Bertz CT molecular complexity index is 753. The van der Waals surface area contributed by atoms with Crippen molar-refractivity contribution in [2.24, 2.45) is 5.92 Å². The fourth-order valence-corrected chi connectivity index (χ4v) is 2.27. The first-order valence-corrected chi connectivity index (χ1v) is 6.70. The molecular weight excluding hydrogens is 252 g/mol. The van der Waals surface area contributed by atoms with Crippen LogP contribution in [0.3, 0.4) is 0 Å². The molecule has 2 aromatic heterocycles. The highest BCUT2D eigenvalue weighted by Crippen LogP contribution is 2.25. The van der Waals surface area contributed by atoms with E-state index in [9.17, 15) is 4.79 Å². The lowest BCUT2D eigenvalue weighted by molar-refractivity contribution is 0.110. The third-order valence-electron chi connectivity index (χ3n) is 3.16. The van der Waals surface area contributed by atoms with Gasteiger partial charge in [0.15, 0.2) is 12.0 Å². The number of benzene rings is 1. The second kappa shape index (κ2) is 4.96. The third-order valence-corrected chi connectivity index (χ3v) is 3.16. The van der Waals surface area contributed by atoms with Crippen molar-refractivity contribution in [3.63, 3.8) is 0 Å². The first-order valence-electron chi connectivity index (χ1n) is 6.70. The summed E-state index contributed by atoms with van der Waals surface area (Å²) >= 11 is 0. The maximum atomic E-state index is 10.7. The number of aldehydes is 1. The van der Waals surface area contributed by atoms with Crippen molar-refractivity contribution in [2.75, 3.05) is 0 Å². The van der Waals surface area contributed by atoms with E-state index in [4.69, 9.17) is 4.42 Å². The van der Waals surface area contributed by atoms with E-state index in [1.807, 2.05) is 18.2 Å². The van der Waals surface area contributed by atoms with Crippen molar-refractivity contribution < 1.29 is 9.21 Å². The second-order valence-corrected chi connectivity index (χ2v) is 5.33. The maximum Gasteiger partial charge on any atom is 0.185 e. The van der Waals surface area contributed by atoms with Crippen LogP contribution in [0, 0.1) is 5.92 Å². The third kappa shape index (κ3) is 2.37. The first kappa shape index (κ1) is 12.7. The molecule has 0 bridgehead atoms. The molecule has 0 aliphatic rings. The summed E-state index contributed by atoms with van der Waals surface area (Å²) in [5, 5.41) is 0. The zero-order valence-corrected chi connectivity index (χ0v) is 11.5. The number of rotatable bonds is 4. The van der Waals surface area contributed by atoms with E-state index < -0.39 is 0 Å². The van der Waals surface area contributed by atoms with Crippen LogP contribution >= 0.6 is 0 Å². The Morgan fingerprint density at radius 3 is 2.85 bits per heavy atom. The first-order chi connectivity index (χ1) is 9.65. The number of H-pyrrole nitrogens is 1. The topological polar surface area (TPSA) is 58.9 Å². The van der Waals surface area contributed by atoms with Gasteiger partial charge in [-0.05, 0) is 36.2 Å². The summed E-state index contributed by atoms with van der Waals surface area (Å²) in [4.78, 5) is 18.6. The Kier molecular flexibility index (Phi) is 3.14. The van der Waals surface area contributed by atoms with E-state index in [1.54, 1.807) is 12.1 Å². The lowest BCUT2D eigenvalue weighted by Crippen LogP contribution is -1.95. The smallest absolute Gasteiger partial charge is 0.185 e. The van der Waals surface area contributed by atoms with Crippen LogP contribution < -0.4 is 0 Å². The van der Waals surface area contributed by atoms with E-state index in [2.05, 4.69) is 23.8 Å². The minimum Gasteiger partial charge on any atom is -0.453 e. The Hall–Kier alpha value is -2.36. The SMILES string of the molecule is CC(C)Cc1nc2ccc(-c3ccc(C=O)o3)cc2[nH]1. The van der Waals surface area contributed by atoms with E-state index in [1.165, 1.54) is 0 Å². The number of carbonyl (C=O) groups excluding carboxylic acids is 1. The number of nitrogens with zero attached hydrogens (tertiary/aromatic N) is 1. The summed E-state index contributed by atoms with van der Waals surface area (Å²) in [6.45, 7) is 4.34. The molecule has 4 nitrogen and oxygen atoms in total. The number of furan rings is 1. The van der Waals surface area contributed by atoms with Crippen LogP contribution in [-0.4, -0.2) is 16.3 Å². The van der Waals surface area contributed by atoms with E-state index in [-0.39, 0.29) is 0 Å². The minimum absolute atomic E-state index is 0.338. The molecule has 4 heteroatoms. The lowest BCUT2D eigenvalue weighted by atomic mass is 10.1. The van der Waals surface area contributed by atoms with Crippen LogP contribution in [0.2, 0.25) is 0 Å². The Morgan fingerprint density at radius 1 is 1.30 bits per heavy atom. The summed E-state index contributed by atoms with van der Waals surface area (Å²) in [5.41, 5.74) is 2.87. The number of fused-ring (bicyclic) bond motifs is 1. The molecule has 0 spiro atoms. The molecule has 0 saturated carbocycles.